The first-order valence-corrected chi connectivity index (χ1v) is 6.95. The van der Waals surface area contributed by atoms with Crippen molar-refractivity contribution in [3.63, 3.8) is 0 Å². The van der Waals surface area contributed by atoms with Crippen LogP contribution in [0, 0.1) is 11.3 Å². The molecule has 0 saturated carbocycles. The molecule has 0 radical (unpaired) electrons. The molecular formula is C15H15N5O2. The summed E-state index contributed by atoms with van der Waals surface area (Å²) in [5, 5.41) is 15.8. The highest BCUT2D eigenvalue weighted by Gasteiger charge is 2.23. The van der Waals surface area contributed by atoms with Crippen molar-refractivity contribution in [2.75, 3.05) is 17.7 Å². The number of hydrogen-bond donors (Lipinski definition) is 2. The molecule has 0 unspecified atom stereocenters. The Kier molecular flexibility index (Phi) is 3.76. The number of carbonyl (C=O) groups excluding carboxylic acids is 1. The van der Waals surface area contributed by atoms with E-state index in [0.717, 1.165) is 18.5 Å². The summed E-state index contributed by atoms with van der Waals surface area (Å²) < 4.78 is 6.86. The summed E-state index contributed by atoms with van der Waals surface area (Å²) in [4.78, 5) is 12.0. The second-order valence-corrected chi connectivity index (χ2v) is 5.02. The molecule has 3 N–H and O–H groups in total. The van der Waals surface area contributed by atoms with Crippen LogP contribution in [-0.4, -0.2) is 28.4 Å². The number of nitrogens with two attached hydrogens (primary N) is 1. The lowest BCUT2D eigenvalue weighted by molar-refractivity contribution is -0.124. The molecule has 7 nitrogen and oxygen atoms in total. The first-order chi connectivity index (χ1) is 10.7. The van der Waals surface area contributed by atoms with Crippen molar-refractivity contribution >= 4 is 17.4 Å². The Labute approximate surface area is 127 Å². The first kappa shape index (κ1) is 14.1. The van der Waals surface area contributed by atoms with Gasteiger partial charge in [0.2, 0.25) is 0 Å². The predicted molar refractivity (Wildman–Crippen MR) is 80.3 cm³/mol. The number of nitrogens with zero attached hydrogens (tertiary/aromatic N) is 3. The summed E-state index contributed by atoms with van der Waals surface area (Å²) in [6.07, 6.45) is 2.88. The number of nitrogen functional groups attached to an aromatic ring is 1. The molecule has 1 aromatic heterocycles. The molecule has 1 amide bonds. The SMILES string of the molecule is N#Cc1cn(-c2ccc(NC(=O)[C@H]3CCCO3)cc2)nc1N. The summed E-state index contributed by atoms with van der Waals surface area (Å²) >= 11 is 0. The number of hydrogen-bond acceptors (Lipinski definition) is 5. The number of rotatable bonds is 3. The maximum absolute atomic E-state index is 12.0. The molecule has 1 saturated heterocycles. The van der Waals surface area contributed by atoms with Crippen LogP contribution in [0.4, 0.5) is 11.5 Å². The van der Waals surface area contributed by atoms with Crippen LogP contribution >= 0.6 is 0 Å². The number of anilines is 2. The lowest BCUT2D eigenvalue weighted by atomic mass is 10.2. The second kappa shape index (κ2) is 5.87. The van der Waals surface area contributed by atoms with Crippen molar-refractivity contribution in [1.29, 1.82) is 5.26 Å². The molecule has 1 atom stereocenters. The molecule has 1 aliphatic rings. The molecule has 0 bridgehead atoms. The van der Waals surface area contributed by atoms with Gasteiger partial charge in [-0.15, -0.1) is 5.10 Å². The van der Waals surface area contributed by atoms with Crippen molar-refractivity contribution in [1.82, 2.24) is 9.78 Å². The molecule has 1 aromatic carbocycles. The minimum atomic E-state index is -0.358. The molecule has 2 heterocycles. The Bertz CT molecular complexity index is 723. The van der Waals surface area contributed by atoms with E-state index in [1.807, 2.05) is 6.07 Å². The lowest BCUT2D eigenvalue weighted by Crippen LogP contribution is -2.26. The summed E-state index contributed by atoms with van der Waals surface area (Å²) in [5.41, 5.74) is 7.40. The van der Waals surface area contributed by atoms with E-state index in [2.05, 4.69) is 10.4 Å². The average molecular weight is 297 g/mol. The second-order valence-electron chi connectivity index (χ2n) is 5.02. The first-order valence-electron chi connectivity index (χ1n) is 6.95. The number of amides is 1. The van der Waals surface area contributed by atoms with Crippen LogP contribution in [0.3, 0.4) is 0 Å². The number of nitrogens with one attached hydrogen (secondary N) is 1. The van der Waals surface area contributed by atoms with Gasteiger partial charge in [0.15, 0.2) is 5.82 Å². The average Bonchev–Trinajstić information content (AvgIpc) is 3.17. The molecule has 22 heavy (non-hydrogen) atoms. The van der Waals surface area contributed by atoms with Crippen molar-refractivity contribution in [3.05, 3.63) is 36.0 Å². The normalized spacial score (nSPS) is 17.1. The van der Waals surface area contributed by atoms with Gasteiger partial charge in [-0.05, 0) is 37.1 Å². The fourth-order valence-electron chi connectivity index (χ4n) is 2.31. The van der Waals surface area contributed by atoms with Crippen molar-refractivity contribution in [2.24, 2.45) is 0 Å². The Morgan fingerprint density at radius 1 is 1.45 bits per heavy atom. The highest BCUT2D eigenvalue weighted by Crippen LogP contribution is 2.18. The largest absolute Gasteiger partial charge is 0.381 e. The van der Waals surface area contributed by atoms with Crippen molar-refractivity contribution < 1.29 is 9.53 Å². The summed E-state index contributed by atoms with van der Waals surface area (Å²) in [7, 11) is 0. The zero-order valence-corrected chi connectivity index (χ0v) is 11.8. The fraction of sp³-hybridized carbons (Fsp3) is 0.267. The molecule has 7 heteroatoms. The van der Waals surface area contributed by atoms with Gasteiger partial charge in [-0.2, -0.15) is 5.26 Å². The Balaban J connectivity index is 1.72. The van der Waals surface area contributed by atoms with Crippen molar-refractivity contribution in [2.45, 2.75) is 18.9 Å². The minimum absolute atomic E-state index is 0.125. The van der Waals surface area contributed by atoms with E-state index in [1.165, 1.54) is 4.68 Å². The maximum Gasteiger partial charge on any atom is 0.253 e. The van der Waals surface area contributed by atoms with E-state index < -0.39 is 0 Å². The third-order valence-corrected chi connectivity index (χ3v) is 3.48. The fourth-order valence-corrected chi connectivity index (χ4v) is 2.31. The van der Waals surface area contributed by atoms with Gasteiger partial charge < -0.3 is 15.8 Å². The van der Waals surface area contributed by atoms with E-state index in [1.54, 1.807) is 30.5 Å². The molecular weight excluding hydrogens is 282 g/mol. The van der Waals surface area contributed by atoms with Crippen LogP contribution in [0.15, 0.2) is 30.5 Å². The van der Waals surface area contributed by atoms with Gasteiger partial charge in [-0.1, -0.05) is 0 Å². The Hall–Kier alpha value is -2.85. The van der Waals surface area contributed by atoms with E-state index in [9.17, 15) is 4.79 Å². The smallest absolute Gasteiger partial charge is 0.253 e. The summed E-state index contributed by atoms with van der Waals surface area (Å²) in [5.74, 6) is 0.0682. The quantitative estimate of drug-likeness (QED) is 0.891. The third kappa shape index (κ3) is 2.77. The molecule has 1 fully saturated rings. The van der Waals surface area contributed by atoms with E-state index in [-0.39, 0.29) is 17.8 Å². The van der Waals surface area contributed by atoms with Crippen LogP contribution in [-0.2, 0) is 9.53 Å². The van der Waals surface area contributed by atoms with Gasteiger partial charge in [0.05, 0.1) is 11.9 Å². The number of nitriles is 1. The molecule has 2 aromatic rings. The molecule has 0 spiro atoms. The van der Waals surface area contributed by atoms with Gasteiger partial charge >= 0.3 is 0 Å². The highest BCUT2D eigenvalue weighted by molar-refractivity contribution is 5.94. The minimum Gasteiger partial charge on any atom is -0.381 e. The van der Waals surface area contributed by atoms with Crippen LogP contribution in [0.25, 0.3) is 5.69 Å². The van der Waals surface area contributed by atoms with E-state index in [0.29, 0.717) is 17.9 Å². The summed E-state index contributed by atoms with van der Waals surface area (Å²) in [6, 6.07) is 9.10. The van der Waals surface area contributed by atoms with Crippen LogP contribution in [0.5, 0.6) is 0 Å². The zero-order chi connectivity index (χ0) is 15.5. The number of aromatic nitrogens is 2. The van der Waals surface area contributed by atoms with E-state index >= 15 is 0 Å². The molecule has 112 valence electrons. The van der Waals surface area contributed by atoms with Crippen molar-refractivity contribution in [3.8, 4) is 11.8 Å². The van der Waals surface area contributed by atoms with Crippen LogP contribution < -0.4 is 11.1 Å². The van der Waals surface area contributed by atoms with Gasteiger partial charge in [0, 0.05) is 12.3 Å². The van der Waals surface area contributed by atoms with Gasteiger partial charge in [0.25, 0.3) is 5.91 Å². The standard InChI is InChI=1S/C15H15N5O2/c16-8-10-9-20(19-14(10)17)12-5-3-11(4-6-12)18-15(21)13-2-1-7-22-13/h3-6,9,13H,1-2,7H2,(H2,17,19)(H,18,21)/t13-/m1/s1. The molecule has 1 aliphatic heterocycles. The maximum atomic E-state index is 12.0. The monoisotopic (exact) mass is 297 g/mol. The van der Waals surface area contributed by atoms with Crippen LogP contribution in [0.2, 0.25) is 0 Å². The number of carbonyl (C=O) groups is 1. The van der Waals surface area contributed by atoms with Gasteiger partial charge in [-0.25, -0.2) is 4.68 Å². The third-order valence-electron chi connectivity index (χ3n) is 3.48. The zero-order valence-electron chi connectivity index (χ0n) is 11.8. The van der Waals surface area contributed by atoms with Crippen LogP contribution in [0.1, 0.15) is 18.4 Å². The lowest BCUT2D eigenvalue weighted by Gasteiger charge is -2.10. The summed E-state index contributed by atoms with van der Waals surface area (Å²) in [6.45, 7) is 0.638. The highest BCUT2D eigenvalue weighted by atomic mass is 16.5. The molecule has 0 aliphatic carbocycles. The number of benzene rings is 1. The Morgan fingerprint density at radius 3 is 2.82 bits per heavy atom. The predicted octanol–water partition coefficient (Wildman–Crippen LogP) is 1.44. The van der Waals surface area contributed by atoms with Gasteiger partial charge in [0.1, 0.15) is 17.7 Å². The van der Waals surface area contributed by atoms with E-state index in [4.69, 9.17) is 15.7 Å². The molecule has 3 rings (SSSR count). The number of ether oxygens (including phenoxy) is 1. The van der Waals surface area contributed by atoms with Gasteiger partial charge in [-0.3, -0.25) is 4.79 Å². The Morgan fingerprint density at radius 2 is 2.23 bits per heavy atom. The topological polar surface area (TPSA) is 106 Å².